The molecule has 3 nitrogen and oxygen atoms in total. The number of fused-ring (bicyclic) bond motifs is 3. The van der Waals surface area contributed by atoms with Gasteiger partial charge in [0.15, 0.2) is 0 Å². The largest absolute Gasteiger partial charge is 0.339 e. The van der Waals surface area contributed by atoms with Gasteiger partial charge in [-0.1, -0.05) is 29.8 Å². The third-order valence-corrected chi connectivity index (χ3v) is 3.76. The standard InChI is InChI=1S/C16H10ClN3/c17-13-9-18-7-5-10(13)11-6-8-19-16-15(11)12-3-1-2-4-14(12)20-16/h1-9H,(H,19,20). The van der Waals surface area contributed by atoms with E-state index in [0.717, 1.165) is 33.1 Å². The van der Waals surface area contributed by atoms with Crippen LogP contribution in [0.5, 0.6) is 0 Å². The molecule has 0 spiro atoms. The Morgan fingerprint density at radius 3 is 2.70 bits per heavy atom. The van der Waals surface area contributed by atoms with Crippen molar-refractivity contribution in [2.24, 2.45) is 0 Å². The molecule has 0 aliphatic heterocycles. The number of hydrogen-bond donors (Lipinski definition) is 1. The molecule has 0 radical (unpaired) electrons. The molecule has 1 aromatic carbocycles. The Morgan fingerprint density at radius 2 is 1.80 bits per heavy atom. The molecule has 0 aliphatic carbocycles. The number of aromatic amines is 1. The summed E-state index contributed by atoms with van der Waals surface area (Å²) in [6.45, 7) is 0. The lowest BCUT2D eigenvalue weighted by atomic mass is 10.0. The van der Waals surface area contributed by atoms with Gasteiger partial charge in [-0.05, 0) is 23.8 Å². The fourth-order valence-electron chi connectivity index (χ4n) is 2.58. The minimum Gasteiger partial charge on any atom is -0.339 e. The fraction of sp³-hybridized carbons (Fsp3) is 0. The monoisotopic (exact) mass is 279 g/mol. The molecule has 0 amide bonds. The maximum absolute atomic E-state index is 6.28. The molecule has 20 heavy (non-hydrogen) atoms. The van der Waals surface area contributed by atoms with Gasteiger partial charge in [0.1, 0.15) is 5.65 Å². The van der Waals surface area contributed by atoms with Crippen molar-refractivity contribution in [3.63, 3.8) is 0 Å². The summed E-state index contributed by atoms with van der Waals surface area (Å²) < 4.78 is 0. The molecule has 1 N–H and O–H groups in total. The maximum Gasteiger partial charge on any atom is 0.138 e. The number of benzene rings is 1. The molecule has 0 unspecified atom stereocenters. The van der Waals surface area contributed by atoms with E-state index in [1.165, 1.54) is 0 Å². The Morgan fingerprint density at radius 1 is 0.950 bits per heavy atom. The lowest BCUT2D eigenvalue weighted by Gasteiger charge is -2.05. The number of H-pyrrole nitrogens is 1. The Hall–Kier alpha value is -2.39. The van der Waals surface area contributed by atoms with Gasteiger partial charge in [-0.2, -0.15) is 0 Å². The van der Waals surface area contributed by atoms with E-state index < -0.39 is 0 Å². The van der Waals surface area contributed by atoms with Gasteiger partial charge < -0.3 is 4.98 Å². The van der Waals surface area contributed by atoms with Gasteiger partial charge in [-0.15, -0.1) is 0 Å². The highest BCUT2D eigenvalue weighted by Crippen LogP contribution is 2.35. The lowest BCUT2D eigenvalue weighted by Crippen LogP contribution is -1.84. The van der Waals surface area contributed by atoms with Gasteiger partial charge in [0.2, 0.25) is 0 Å². The van der Waals surface area contributed by atoms with Crippen LogP contribution in [0.2, 0.25) is 5.02 Å². The van der Waals surface area contributed by atoms with Crippen LogP contribution in [0.4, 0.5) is 0 Å². The second-order valence-electron chi connectivity index (χ2n) is 4.61. The lowest BCUT2D eigenvalue weighted by molar-refractivity contribution is 1.32. The van der Waals surface area contributed by atoms with Gasteiger partial charge in [0.05, 0.1) is 5.02 Å². The molecule has 96 valence electrons. The number of rotatable bonds is 1. The van der Waals surface area contributed by atoms with E-state index in [4.69, 9.17) is 11.6 Å². The first-order chi connectivity index (χ1) is 9.84. The van der Waals surface area contributed by atoms with E-state index in [-0.39, 0.29) is 0 Å². The fourth-order valence-corrected chi connectivity index (χ4v) is 2.81. The molecular weight excluding hydrogens is 270 g/mol. The summed E-state index contributed by atoms with van der Waals surface area (Å²) in [6, 6.07) is 12.1. The average Bonchev–Trinajstić information content (AvgIpc) is 2.86. The number of pyridine rings is 2. The van der Waals surface area contributed by atoms with Crippen LogP contribution in [0.25, 0.3) is 33.1 Å². The third-order valence-electron chi connectivity index (χ3n) is 3.46. The van der Waals surface area contributed by atoms with Crippen molar-refractivity contribution >= 4 is 33.5 Å². The molecule has 0 saturated carbocycles. The quantitative estimate of drug-likeness (QED) is 0.560. The van der Waals surface area contributed by atoms with E-state index in [9.17, 15) is 0 Å². The molecule has 4 rings (SSSR count). The first-order valence-corrected chi connectivity index (χ1v) is 6.68. The van der Waals surface area contributed by atoms with E-state index in [2.05, 4.69) is 27.1 Å². The summed E-state index contributed by atoms with van der Waals surface area (Å²) in [5.74, 6) is 0. The first kappa shape index (κ1) is 11.4. The molecule has 0 saturated heterocycles. The van der Waals surface area contributed by atoms with Crippen molar-refractivity contribution in [1.29, 1.82) is 0 Å². The third kappa shape index (κ3) is 1.60. The van der Waals surface area contributed by atoms with Crippen LogP contribution >= 0.6 is 11.6 Å². The van der Waals surface area contributed by atoms with Crippen LogP contribution in [0.15, 0.2) is 55.0 Å². The Balaban J connectivity index is 2.17. The molecule has 4 aromatic rings. The average molecular weight is 280 g/mol. The number of hydrogen-bond acceptors (Lipinski definition) is 2. The van der Waals surface area contributed by atoms with E-state index in [1.807, 2.05) is 24.3 Å². The second kappa shape index (κ2) is 4.32. The number of nitrogens with zero attached hydrogens (tertiary/aromatic N) is 2. The zero-order chi connectivity index (χ0) is 13.5. The number of para-hydroxylation sites is 1. The molecular formula is C16H10ClN3. The van der Waals surface area contributed by atoms with Crippen LogP contribution in [-0.4, -0.2) is 15.0 Å². The zero-order valence-electron chi connectivity index (χ0n) is 10.5. The van der Waals surface area contributed by atoms with Crippen molar-refractivity contribution in [1.82, 2.24) is 15.0 Å². The van der Waals surface area contributed by atoms with Crippen LogP contribution in [0.3, 0.4) is 0 Å². The van der Waals surface area contributed by atoms with Crippen molar-refractivity contribution in [2.45, 2.75) is 0 Å². The summed E-state index contributed by atoms with van der Waals surface area (Å²) >= 11 is 6.28. The summed E-state index contributed by atoms with van der Waals surface area (Å²) in [7, 11) is 0. The molecule has 0 fully saturated rings. The minimum absolute atomic E-state index is 0.644. The summed E-state index contributed by atoms with van der Waals surface area (Å²) in [4.78, 5) is 11.8. The summed E-state index contributed by atoms with van der Waals surface area (Å²) in [5, 5.41) is 2.89. The van der Waals surface area contributed by atoms with E-state index in [0.29, 0.717) is 5.02 Å². The zero-order valence-corrected chi connectivity index (χ0v) is 11.2. The molecule has 0 bridgehead atoms. The van der Waals surface area contributed by atoms with Crippen molar-refractivity contribution < 1.29 is 0 Å². The van der Waals surface area contributed by atoms with Crippen LogP contribution < -0.4 is 0 Å². The SMILES string of the molecule is Clc1cnccc1-c1ccnc2[nH]c3ccccc3c12. The normalized spacial score (nSPS) is 11.2. The Kier molecular flexibility index (Phi) is 2.47. The smallest absolute Gasteiger partial charge is 0.138 e. The Bertz CT molecular complexity index is 927. The highest BCUT2D eigenvalue weighted by molar-refractivity contribution is 6.34. The second-order valence-corrected chi connectivity index (χ2v) is 5.02. The summed E-state index contributed by atoms with van der Waals surface area (Å²) in [5.41, 5.74) is 3.99. The van der Waals surface area contributed by atoms with Crippen molar-refractivity contribution in [2.75, 3.05) is 0 Å². The maximum atomic E-state index is 6.28. The van der Waals surface area contributed by atoms with Gasteiger partial charge in [-0.25, -0.2) is 4.98 Å². The molecule has 4 heteroatoms. The van der Waals surface area contributed by atoms with Gasteiger partial charge in [-0.3, -0.25) is 4.98 Å². The number of nitrogens with one attached hydrogen (secondary N) is 1. The topological polar surface area (TPSA) is 41.6 Å². The molecule has 0 aliphatic rings. The van der Waals surface area contributed by atoms with Gasteiger partial charge in [0.25, 0.3) is 0 Å². The van der Waals surface area contributed by atoms with Gasteiger partial charge >= 0.3 is 0 Å². The highest BCUT2D eigenvalue weighted by Gasteiger charge is 2.12. The number of aromatic nitrogens is 3. The number of halogens is 1. The van der Waals surface area contributed by atoms with E-state index >= 15 is 0 Å². The van der Waals surface area contributed by atoms with Crippen LogP contribution in [0.1, 0.15) is 0 Å². The summed E-state index contributed by atoms with van der Waals surface area (Å²) in [6.07, 6.45) is 5.21. The predicted molar refractivity (Wildman–Crippen MR) is 81.8 cm³/mol. The van der Waals surface area contributed by atoms with Gasteiger partial charge in [0, 0.05) is 40.4 Å². The highest BCUT2D eigenvalue weighted by atomic mass is 35.5. The minimum atomic E-state index is 0.644. The Labute approximate surface area is 120 Å². The van der Waals surface area contributed by atoms with Crippen LogP contribution in [-0.2, 0) is 0 Å². The molecule has 0 atom stereocenters. The van der Waals surface area contributed by atoms with Crippen molar-refractivity contribution in [3.05, 3.63) is 60.0 Å². The molecule has 3 heterocycles. The van der Waals surface area contributed by atoms with Crippen molar-refractivity contribution in [3.8, 4) is 11.1 Å². The van der Waals surface area contributed by atoms with E-state index in [1.54, 1.807) is 18.6 Å². The first-order valence-electron chi connectivity index (χ1n) is 6.30. The van der Waals surface area contributed by atoms with Crippen LogP contribution in [0, 0.1) is 0 Å². The predicted octanol–water partition coefficient (Wildman–Crippen LogP) is 4.43. The molecule has 3 aromatic heterocycles.